The fourth-order valence-electron chi connectivity index (χ4n) is 3.11. The van der Waals surface area contributed by atoms with Crippen molar-refractivity contribution in [2.45, 2.75) is 70.0 Å². The van der Waals surface area contributed by atoms with E-state index in [0.717, 1.165) is 5.92 Å². The first-order valence-corrected chi connectivity index (χ1v) is 6.73. The normalized spacial score (nSPS) is 44.8. The fourth-order valence-corrected chi connectivity index (χ4v) is 3.44. The van der Waals surface area contributed by atoms with E-state index in [2.05, 4.69) is 20.8 Å². The number of rotatable bonds is 2. The number of halogens is 1. The van der Waals surface area contributed by atoms with Crippen molar-refractivity contribution in [3.05, 3.63) is 0 Å². The predicted molar refractivity (Wildman–Crippen MR) is 64.3 cm³/mol. The molecule has 4 unspecified atom stereocenters. The molecule has 1 saturated carbocycles. The Morgan fingerprint density at radius 1 is 1.27 bits per heavy atom. The molecule has 1 aliphatic carbocycles. The largest absolute Gasteiger partial charge is 0.372 e. The SMILES string of the molecule is CC1C(Cl)CCC1CC1CCC(C)(C)O1. The summed E-state index contributed by atoms with van der Waals surface area (Å²) >= 11 is 6.26. The molecule has 1 heterocycles. The Balaban J connectivity index is 1.83. The van der Waals surface area contributed by atoms with Crippen molar-refractivity contribution in [2.75, 3.05) is 0 Å². The van der Waals surface area contributed by atoms with Crippen molar-refractivity contribution < 1.29 is 4.74 Å². The highest BCUT2D eigenvalue weighted by atomic mass is 35.5. The molecule has 0 radical (unpaired) electrons. The van der Waals surface area contributed by atoms with Crippen LogP contribution in [0.25, 0.3) is 0 Å². The van der Waals surface area contributed by atoms with E-state index < -0.39 is 0 Å². The first-order chi connectivity index (χ1) is 6.98. The molecular formula is C13H23ClO. The van der Waals surface area contributed by atoms with Gasteiger partial charge in [-0.2, -0.15) is 0 Å². The third-order valence-corrected chi connectivity index (χ3v) is 4.86. The maximum atomic E-state index is 6.26. The van der Waals surface area contributed by atoms with Crippen molar-refractivity contribution in [2.24, 2.45) is 11.8 Å². The van der Waals surface area contributed by atoms with Crippen LogP contribution in [0.4, 0.5) is 0 Å². The van der Waals surface area contributed by atoms with Crippen LogP contribution in [0.5, 0.6) is 0 Å². The summed E-state index contributed by atoms with van der Waals surface area (Å²) < 4.78 is 6.05. The van der Waals surface area contributed by atoms with Gasteiger partial charge in [-0.05, 0) is 57.8 Å². The molecule has 1 saturated heterocycles. The van der Waals surface area contributed by atoms with Gasteiger partial charge in [0, 0.05) is 5.38 Å². The zero-order valence-corrected chi connectivity index (χ0v) is 10.9. The minimum absolute atomic E-state index is 0.118. The monoisotopic (exact) mass is 230 g/mol. The Labute approximate surface area is 98.5 Å². The van der Waals surface area contributed by atoms with Gasteiger partial charge in [-0.3, -0.25) is 0 Å². The molecule has 4 atom stereocenters. The minimum Gasteiger partial charge on any atom is -0.372 e. The zero-order valence-electron chi connectivity index (χ0n) is 10.1. The second kappa shape index (κ2) is 4.25. The summed E-state index contributed by atoms with van der Waals surface area (Å²) in [6.07, 6.45) is 6.67. The number of alkyl halides is 1. The fraction of sp³-hybridized carbons (Fsp3) is 1.00. The Kier molecular flexibility index (Phi) is 3.33. The highest BCUT2D eigenvalue weighted by molar-refractivity contribution is 6.20. The van der Waals surface area contributed by atoms with Crippen LogP contribution < -0.4 is 0 Å². The molecule has 2 aliphatic rings. The van der Waals surface area contributed by atoms with Crippen molar-refractivity contribution in [1.82, 2.24) is 0 Å². The summed E-state index contributed by atoms with van der Waals surface area (Å²) in [4.78, 5) is 0. The van der Waals surface area contributed by atoms with Crippen molar-refractivity contribution in [3.63, 3.8) is 0 Å². The molecular weight excluding hydrogens is 208 g/mol. The van der Waals surface area contributed by atoms with Gasteiger partial charge < -0.3 is 4.74 Å². The van der Waals surface area contributed by atoms with Crippen molar-refractivity contribution >= 4 is 11.6 Å². The van der Waals surface area contributed by atoms with Gasteiger partial charge in [-0.1, -0.05) is 6.92 Å². The van der Waals surface area contributed by atoms with E-state index in [0.29, 0.717) is 17.4 Å². The lowest BCUT2D eigenvalue weighted by Crippen LogP contribution is -2.23. The summed E-state index contributed by atoms with van der Waals surface area (Å²) in [6.45, 7) is 6.71. The van der Waals surface area contributed by atoms with E-state index in [9.17, 15) is 0 Å². The Morgan fingerprint density at radius 2 is 2.00 bits per heavy atom. The lowest BCUT2D eigenvalue weighted by molar-refractivity contribution is -0.0262. The molecule has 0 aromatic heterocycles. The van der Waals surface area contributed by atoms with E-state index in [1.165, 1.54) is 32.1 Å². The van der Waals surface area contributed by atoms with Crippen molar-refractivity contribution in [1.29, 1.82) is 0 Å². The van der Waals surface area contributed by atoms with Crippen LogP contribution in [0.1, 0.15) is 52.9 Å². The molecule has 2 fully saturated rings. The van der Waals surface area contributed by atoms with E-state index in [1.54, 1.807) is 0 Å². The van der Waals surface area contributed by atoms with Gasteiger partial charge in [-0.15, -0.1) is 11.6 Å². The number of hydrogen-bond donors (Lipinski definition) is 0. The predicted octanol–water partition coefficient (Wildman–Crippen LogP) is 3.99. The van der Waals surface area contributed by atoms with Crippen molar-refractivity contribution in [3.8, 4) is 0 Å². The molecule has 0 aromatic carbocycles. The highest BCUT2D eigenvalue weighted by Crippen LogP contribution is 2.41. The average molecular weight is 231 g/mol. The molecule has 0 amide bonds. The number of ether oxygens (including phenoxy) is 1. The molecule has 2 rings (SSSR count). The smallest absolute Gasteiger partial charge is 0.0631 e. The second-order valence-electron chi connectivity index (χ2n) is 5.99. The standard InChI is InChI=1S/C13H23ClO/c1-9-10(4-5-12(9)14)8-11-6-7-13(2,3)15-11/h9-12H,4-8H2,1-3H3. The van der Waals surface area contributed by atoms with E-state index >= 15 is 0 Å². The maximum absolute atomic E-state index is 6.26. The van der Waals surface area contributed by atoms with Crippen LogP contribution in [0, 0.1) is 11.8 Å². The van der Waals surface area contributed by atoms with E-state index in [-0.39, 0.29) is 5.60 Å². The summed E-state index contributed by atoms with van der Waals surface area (Å²) in [5, 5.41) is 0.407. The molecule has 15 heavy (non-hydrogen) atoms. The van der Waals surface area contributed by atoms with Crippen LogP contribution in [0.2, 0.25) is 0 Å². The van der Waals surface area contributed by atoms with E-state index in [1.807, 2.05) is 0 Å². The van der Waals surface area contributed by atoms with Gasteiger partial charge in [-0.25, -0.2) is 0 Å². The average Bonchev–Trinajstić information content (AvgIpc) is 2.63. The van der Waals surface area contributed by atoms with E-state index in [4.69, 9.17) is 16.3 Å². The first-order valence-electron chi connectivity index (χ1n) is 6.30. The Hall–Kier alpha value is 0.250. The topological polar surface area (TPSA) is 9.23 Å². The van der Waals surface area contributed by atoms with Gasteiger partial charge in [0.25, 0.3) is 0 Å². The van der Waals surface area contributed by atoms with Crippen LogP contribution >= 0.6 is 11.6 Å². The third-order valence-electron chi connectivity index (χ3n) is 4.25. The molecule has 0 bridgehead atoms. The molecule has 0 spiro atoms. The Morgan fingerprint density at radius 3 is 2.47 bits per heavy atom. The van der Waals surface area contributed by atoms with Crippen LogP contribution in [-0.2, 0) is 4.74 Å². The maximum Gasteiger partial charge on any atom is 0.0631 e. The first kappa shape index (κ1) is 11.7. The van der Waals surface area contributed by atoms with Crippen LogP contribution in [-0.4, -0.2) is 17.1 Å². The second-order valence-corrected chi connectivity index (χ2v) is 6.55. The number of hydrogen-bond acceptors (Lipinski definition) is 1. The van der Waals surface area contributed by atoms with Gasteiger partial charge in [0.2, 0.25) is 0 Å². The highest BCUT2D eigenvalue weighted by Gasteiger charge is 2.37. The lowest BCUT2D eigenvalue weighted by atomic mass is 9.91. The third kappa shape index (κ3) is 2.68. The van der Waals surface area contributed by atoms with Crippen LogP contribution in [0.3, 0.4) is 0 Å². The summed E-state index contributed by atoms with van der Waals surface area (Å²) in [5.41, 5.74) is 0.118. The summed E-state index contributed by atoms with van der Waals surface area (Å²) in [5.74, 6) is 1.48. The summed E-state index contributed by atoms with van der Waals surface area (Å²) in [7, 11) is 0. The lowest BCUT2D eigenvalue weighted by Gasteiger charge is -2.23. The van der Waals surface area contributed by atoms with Crippen LogP contribution in [0.15, 0.2) is 0 Å². The molecule has 1 nitrogen and oxygen atoms in total. The Bertz CT molecular complexity index is 227. The quantitative estimate of drug-likeness (QED) is 0.652. The zero-order chi connectivity index (χ0) is 11.1. The summed E-state index contributed by atoms with van der Waals surface area (Å²) in [6, 6.07) is 0. The van der Waals surface area contributed by atoms with Gasteiger partial charge in [0.05, 0.1) is 11.7 Å². The van der Waals surface area contributed by atoms with Gasteiger partial charge in [0.1, 0.15) is 0 Å². The molecule has 1 aliphatic heterocycles. The molecule has 88 valence electrons. The molecule has 2 heteroatoms. The molecule has 0 aromatic rings. The van der Waals surface area contributed by atoms with Gasteiger partial charge in [0.15, 0.2) is 0 Å². The molecule has 0 N–H and O–H groups in total. The minimum atomic E-state index is 0.118. The van der Waals surface area contributed by atoms with Gasteiger partial charge >= 0.3 is 0 Å².